The summed E-state index contributed by atoms with van der Waals surface area (Å²) in [5.41, 5.74) is 14.2. The number of thiophene rings is 1. The van der Waals surface area contributed by atoms with E-state index in [0.29, 0.717) is 52.7 Å². The molecule has 0 amide bonds. The van der Waals surface area contributed by atoms with Crippen molar-refractivity contribution in [2.75, 3.05) is 63.6 Å². The molecule has 5 aliphatic rings. The highest BCUT2D eigenvalue weighted by Gasteiger charge is 2.43. The van der Waals surface area contributed by atoms with Crippen molar-refractivity contribution >= 4 is 49.4 Å². The van der Waals surface area contributed by atoms with E-state index in [4.69, 9.17) is 31.0 Å². The third-order valence-electron chi connectivity index (χ3n) is 11.5. The Balaban J connectivity index is 0.000000413. The summed E-state index contributed by atoms with van der Waals surface area (Å²) >= 11 is 1.16. The molecule has 4 unspecified atom stereocenters. The van der Waals surface area contributed by atoms with Gasteiger partial charge in [-0.25, -0.2) is 13.2 Å². The van der Waals surface area contributed by atoms with E-state index in [1.807, 2.05) is 0 Å². The first-order valence-corrected chi connectivity index (χ1v) is 19.5. The summed E-state index contributed by atoms with van der Waals surface area (Å²) in [5, 5.41) is 20.0. The van der Waals surface area contributed by atoms with Gasteiger partial charge in [-0.2, -0.15) is 15.2 Å². The minimum Gasteiger partial charge on any atom is -0.467 e. The van der Waals surface area contributed by atoms with Crippen LogP contribution in [0.5, 0.6) is 6.01 Å². The monoisotopic (exact) mass is 775 g/mol. The molecule has 4 aromatic rings. The molecule has 2 bridgehead atoms. The van der Waals surface area contributed by atoms with Gasteiger partial charge in [-0.15, -0.1) is 11.3 Å². The summed E-state index contributed by atoms with van der Waals surface area (Å²) in [4.78, 5) is 20.3. The van der Waals surface area contributed by atoms with Crippen molar-refractivity contribution < 1.29 is 27.8 Å². The molecule has 0 radical (unpaired) electrons. The lowest BCUT2D eigenvalue weighted by molar-refractivity contribution is 0.135. The summed E-state index contributed by atoms with van der Waals surface area (Å²) in [6, 6.07) is 5.67. The van der Waals surface area contributed by atoms with Crippen molar-refractivity contribution in [3.63, 3.8) is 0 Å². The molecular weight excluding hydrogens is 732 g/mol. The highest BCUT2D eigenvalue weighted by atomic mass is 32.1. The molecule has 5 N–H and O–H groups in total. The Hall–Kier alpha value is -4.53. The molecule has 5 aliphatic heterocycles. The number of alkyl halides is 1. The summed E-state index contributed by atoms with van der Waals surface area (Å²) in [5.74, 6) is -0.833. The molecule has 2 aromatic heterocycles. The Morgan fingerprint density at radius 3 is 2.60 bits per heavy atom. The van der Waals surface area contributed by atoms with Gasteiger partial charge in [0, 0.05) is 71.7 Å². The first-order valence-electron chi connectivity index (χ1n) is 18.7. The quantitative estimate of drug-likeness (QED) is 0.206. The normalized spacial score (nSPS) is 23.8. The second-order valence-corrected chi connectivity index (χ2v) is 15.8. The van der Waals surface area contributed by atoms with Gasteiger partial charge >= 0.3 is 6.01 Å². The second kappa shape index (κ2) is 15.5. The van der Waals surface area contributed by atoms with E-state index >= 15 is 8.78 Å². The maximum absolute atomic E-state index is 17.1. The number of nitrogens with two attached hydrogens (primary N) is 2. The van der Waals surface area contributed by atoms with E-state index in [-0.39, 0.29) is 70.5 Å². The first kappa shape index (κ1) is 37.4. The number of nitrogens with zero attached hydrogens (tertiary/aromatic N) is 7. The van der Waals surface area contributed by atoms with E-state index in [1.54, 1.807) is 12.3 Å². The summed E-state index contributed by atoms with van der Waals surface area (Å²) in [6.07, 6.45) is 7.88. The number of fused-ring (bicyclic) bond motifs is 7. The van der Waals surface area contributed by atoms with Crippen LogP contribution >= 0.6 is 11.3 Å². The molecule has 0 aliphatic carbocycles. The maximum atomic E-state index is 17.1. The lowest BCUT2D eigenvalue weighted by Crippen LogP contribution is -2.54. The van der Waals surface area contributed by atoms with Crippen LogP contribution in [-0.4, -0.2) is 108 Å². The standard InChI is InChI=1S/C32H32F2N8O3S.C7H12FN/c1-44-32-39-29-26(31(40-32)42-17-2-3-18(42)13-41(12-17)11-16(8-35)10-38-6-7-43)21-15-45-14-20(21)25(28(29)34)27-22(33)4-5-23-24(27)19(9-36)30(37)46-23;8-6-4-7-2-1-3-9(7)5-6/h4-5,8,10,17-18,43H,2-3,6-7,11-15,35,37H2,1H3;6-7H,1-5H2/b16-8+,38-10?;. The number of aliphatic hydroxyl groups excluding tert-OH is 1. The summed E-state index contributed by atoms with van der Waals surface area (Å²) < 4.78 is 57.4. The molecule has 2 aromatic carbocycles. The molecular formula is C39H44F3N9O3S. The number of likely N-dealkylation sites (tertiary alicyclic amines) is 1. The number of ether oxygens (including phenoxy) is 2. The molecule has 55 heavy (non-hydrogen) atoms. The van der Waals surface area contributed by atoms with E-state index in [9.17, 15) is 9.65 Å². The van der Waals surface area contributed by atoms with Gasteiger partial charge in [-0.3, -0.25) is 14.8 Å². The molecule has 9 rings (SSSR count). The Morgan fingerprint density at radius 1 is 1.11 bits per heavy atom. The van der Waals surface area contributed by atoms with Crippen LogP contribution in [0.15, 0.2) is 28.9 Å². The van der Waals surface area contributed by atoms with Crippen molar-refractivity contribution in [3.05, 3.63) is 52.2 Å². The van der Waals surface area contributed by atoms with Gasteiger partial charge in [-0.05, 0) is 73.7 Å². The predicted molar refractivity (Wildman–Crippen MR) is 207 cm³/mol. The number of hydrogen-bond donors (Lipinski definition) is 3. The zero-order valence-electron chi connectivity index (χ0n) is 30.6. The average Bonchev–Trinajstić information content (AvgIpc) is 4.01. The summed E-state index contributed by atoms with van der Waals surface area (Å²) in [7, 11) is 1.43. The van der Waals surface area contributed by atoms with Crippen molar-refractivity contribution in [1.29, 1.82) is 5.26 Å². The molecule has 4 fully saturated rings. The van der Waals surface area contributed by atoms with E-state index in [1.165, 1.54) is 32.2 Å². The van der Waals surface area contributed by atoms with Crippen molar-refractivity contribution in [2.24, 2.45) is 10.7 Å². The van der Waals surface area contributed by atoms with Crippen molar-refractivity contribution in [2.45, 2.75) is 69.6 Å². The minimum atomic E-state index is -0.730. The fraction of sp³-hybridized carbons (Fsp3) is 0.487. The number of piperazine rings is 1. The zero-order chi connectivity index (χ0) is 38.4. The van der Waals surface area contributed by atoms with Crippen molar-refractivity contribution in [3.8, 4) is 23.2 Å². The van der Waals surface area contributed by atoms with Crippen molar-refractivity contribution in [1.82, 2.24) is 19.8 Å². The number of nitriles is 1. The molecule has 4 saturated heterocycles. The average molecular weight is 776 g/mol. The van der Waals surface area contributed by atoms with Gasteiger partial charge in [0.1, 0.15) is 34.4 Å². The van der Waals surface area contributed by atoms with Crippen LogP contribution in [0.4, 0.5) is 24.0 Å². The number of hydrogen-bond acceptors (Lipinski definition) is 13. The largest absolute Gasteiger partial charge is 0.467 e. The molecule has 12 nitrogen and oxygen atoms in total. The van der Waals surface area contributed by atoms with Gasteiger partial charge in [0.05, 0.1) is 44.4 Å². The number of anilines is 2. The fourth-order valence-corrected chi connectivity index (χ4v) is 10.1. The van der Waals surface area contributed by atoms with Crippen LogP contribution in [0.25, 0.3) is 32.1 Å². The van der Waals surface area contributed by atoms with Crippen LogP contribution < -0.4 is 21.1 Å². The summed E-state index contributed by atoms with van der Waals surface area (Å²) in [6.45, 7) is 4.42. The Labute approximate surface area is 320 Å². The molecule has 290 valence electrons. The van der Waals surface area contributed by atoms with Gasteiger partial charge in [0.2, 0.25) is 0 Å². The van der Waals surface area contributed by atoms with Gasteiger partial charge in [-0.1, -0.05) is 0 Å². The SMILES string of the molecule is COc1nc(N2C3CCC2CN(C/C(C=NCCO)=C/N)C3)c2c3c(c(-c4c(F)ccc5sc(N)c(C#N)c45)c(F)c2n1)COC3.FC1CC2CCCN2C1. The lowest BCUT2D eigenvalue weighted by Gasteiger charge is -2.42. The molecule has 4 atom stereocenters. The smallest absolute Gasteiger partial charge is 0.318 e. The lowest BCUT2D eigenvalue weighted by atomic mass is 9.90. The third-order valence-corrected chi connectivity index (χ3v) is 12.5. The highest BCUT2D eigenvalue weighted by molar-refractivity contribution is 7.23. The van der Waals surface area contributed by atoms with Crippen LogP contribution in [0.3, 0.4) is 0 Å². The minimum absolute atomic E-state index is 0.00216. The first-order chi connectivity index (χ1) is 26.7. The van der Waals surface area contributed by atoms with Crippen LogP contribution in [-0.2, 0) is 18.0 Å². The Bertz CT molecular complexity index is 2200. The predicted octanol–water partition coefficient (Wildman–Crippen LogP) is 5.03. The molecule has 7 heterocycles. The maximum Gasteiger partial charge on any atom is 0.318 e. The van der Waals surface area contributed by atoms with Gasteiger partial charge < -0.3 is 30.9 Å². The number of methoxy groups -OCH3 is 1. The Morgan fingerprint density at radius 2 is 1.89 bits per heavy atom. The number of benzene rings is 2. The van der Waals surface area contributed by atoms with Gasteiger partial charge in [0.15, 0.2) is 5.82 Å². The number of rotatable bonds is 8. The molecule has 16 heteroatoms. The van der Waals surface area contributed by atoms with E-state index in [2.05, 4.69) is 30.7 Å². The van der Waals surface area contributed by atoms with Crippen LogP contribution in [0.1, 0.15) is 48.8 Å². The highest BCUT2D eigenvalue weighted by Crippen LogP contribution is 2.49. The van der Waals surface area contributed by atoms with E-state index in [0.717, 1.165) is 55.8 Å². The topological polar surface area (TPSA) is 162 Å². The van der Waals surface area contributed by atoms with Crippen LogP contribution in [0, 0.1) is 23.0 Å². The second-order valence-electron chi connectivity index (χ2n) is 14.8. The number of nitrogen functional groups attached to an aromatic ring is 1. The number of aliphatic imine (C=N–C) groups is 1. The third kappa shape index (κ3) is 6.75. The molecule has 0 spiro atoms. The fourth-order valence-electron chi connectivity index (χ4n) is 9.20. The zero-order valence-corrected chi connectivity index (χ0v) is 31.4. The van der Waals surface area contributed by atoms with Gasteiger partial charge in [0.25, 0.3) is 0 Å². The van der Waals surface area contributed by atoms with E-state index < -0.39 is 17.8 Å². The molecule has 0 saturated carbocycles. The van der Waals surface area contributed by atoms with Crippen LogP contribution in [0.2, 0.25) is 0 Å². The number of aromatic nitrogens is 2. The number of halogens is 3. The Kier molecular flexibility index (Phi) is 10.6. The number of aliphatic hydroxyl groups is 1.